The molecule has 3 rings (SSSR count). The number of nitrogens with zero attached hydrogens (tertiary/aromatic N) is 4. The van der Waals surface area contributed by atoms with Gasteiger partial charge in [0, 0.05) is 32.1 Å². The standard InChI is InChI=1S/C12H19N5O2/c18-12(19)13-9-4-3-6-16(8-9)11-15-14-10-5-1-2-7-17(10)11/h9,13H,1-8H2,(H,18,19). The van der Waals surface area contributed by atoms with Gasteiger partial charge in [0.2, 0.25) is 5.95 Å². The Morgan fingerprint density at radius 2 is 2.16 bits per heavy atom. The number of nitrogens with one attached hydrogen (secondary N) is 1. The first-order chi connectivity index (χ1) is 9.24. The lowest BCUT2D eigenvalue weighted by Crippen LogP contribution is -2.48. The monoisotopic (exact) mass is 265 g/mol. The summed E-state index contributed by atoms with van der Waals surface area (Å²) in [5.74, 6) is 1.97. The molecule has 7 nitrogen and oxygen atoms in total. The third kappa shape index (κ3) is 2.50. The first kappa shape index (κ1) is 12.3. The average molecular weight is 265 g/mol. The summed E-state index contributed by atoms with van der Waals surface area (Å²) >= 11 is 0. The minimum Gasteiger partial charge on any atom is -0.465 e. The molecule has 0 radical (unpaired) electrons. The van der Waals surface area contributed by atoms with E-state index >= 15 is 0 Å². The summed E-state index contributed by atoms with van der Waals surface area (Å²) in [6.45, 7) is 2.59. The highest BCUT2D eigenvalue weighted by Crippen LogP contribution is 2.23. The van der Waals surface area contributed by atoms with E-state index in [0.717, 1.165) is 44.1 Å². The van der Waals surface area contributed by atoms with E-state index in [2.05, 4.69) is 25.0 Å². The molecule has 2 N–H and O–H groups in total. The maximum atomic E-state index is 10.7. The number of fused-ring (bicyclic) bond motifs is 1. The van der Waals surface area contributed by atoms with Crippen LogP contribution in [0, 0.1) is 0 Å². The van der Waals surface area contributed by atoms with Crippen LogP contribution in [0.3, 0.4) is 0 Å². The molecule has 1 atom stereocenters. The Balaban J connectivity index is 1.74. The predicted molar refractivity (Wildman–Crippen MR) is 69.4 cm³/mol. The molecule has 0 bridgehead atoms. The van der Waals surface area contributed by atoms with E-state index in [0.29, 0.717) is 6.54 Å². The fourth-order valence-electron chi connectivity index (χ4n) is 2.98. The lowest BCUT2D eigenvalue weighted by molar-refractivity contribution is 0.188. The largest absolute Gasteiger partial charge is 0.465 e. The van der Waals surface area contributed by atoms with E-state index < -0.39 is 6.09 Å². The van der Waals surface area contributed by atoms with Crippen LogP contribution in [0.1, 0.15) is 31.5 Å². The number of carbonyl (C=O) groups is 1. The van der Waals surface area contributed by atoms with Crippen molar-refractivity contribution in [2.45, 2.75) is 44.7 Å². The molecule has 19 heavy (non-hydrogen) atoms. The average Bonchev–Trinajstić information content (AvgIpc) is 2.82. The molecule has 0 saturated carbocycles. The fraction of sp³-hybridized carbons (Fsp3) is 0.750. The Kier molecular flexibility index (Phi) is 3.27. The molecule has 1 aromatic heterocycles. The van der Waals surface area contributed by atoms with Crippen LogP contribution in [0.15, 0.2) is 0 Å². The fourth-order valence-corrected chi connectivity index (χ4v) is 2.98. The highest BCUT2D eigenvalue weighted by molar-refractivity contribution is 5.65. The minimum absolute atomic E-state index is 0.0113. The molecule has 1 aromatic rings. The van der Waals surface area contributed by atoms with E-state index in [1.54, 1.807) is 0 Å². The molecule has 0 spiro atoms. The van der Waals surface area contributed by atoms with E-state index in [-0.39, 0.29) is 6.04 Å². The number of hydrogen-bond donors (Lipinski definition) is 2. The second kappa shape index (κ2) is 5.07. The normalized spacial score (nSPS) is 22.9. The maximum absolute atomic E-state index is 10.7. The number of aryl methyl sites for hydroxylation is 1. The van der Waals surface area contributed by atoms with Crippen LogP contribution in [-0.2, 0) is 13.0 Å². The highest BCUT2D eigenvalue weighted by Gasteiger charge is 2.26. The van der Waals surface area contributed by atoms with Gasteiger partial charge in [0.1, 0.15) is 5.82 Å². The Morgan fingerprint density at radius 1 is 1.26 bits per heavy atom. The van der Waals surface area contributed by atoms with Crippen LogP contribution in [0.2, 0.25) is 0 Å². The van der Waals surface area contributed by atoms with Gasteiger partial charge in [0.15, 0.2) is 0 Å². The Hall–Kier alpha value is -1.79. The summed E-state index contributed by atoms with van der Waals surface area (Å²) in [6, 6.07) is -0.0113. The van der Waals surface area contributed by atoms with Crippen molar-refractivity contribution in [1.29, 1.82) is 0 Å². The number of rotatable bonds is 2. The van der Waals surface area contributed by atoms with Crippen LogP contribution >= 0.6 is 0 Å². The molecule has 0 aliphatic carbocycles. The lowest BCUT2D eigenvalue weighted by atomic mass is 10.1. The number of amides is 1. The van der Waals surface area contributed by atoms with Crippen LogP contribution in [-0.4, -0.2) is 45.1 Å². The molecule has 1 unspecified atom stereocenters. The zero-order valence-corrected chi connectivity index (χ0v) is 10.9. The van der Waals surface area contributed by atoms with Gasteiger partial charge in [-0.3, -0.25) is 4.57 Å². The summed E-state index contributed by atoms with van der Waals surface area (Å²) in [5.41, 5.74) is 0. The van der Waals surface area contributed by atoms with Gasteiger partial charge >= 0.3 is 6.09 Å². The van der Waals surface area contributed by atoms with Crippen molar-refractivity contribution in [1.82, 2.24) is 20.1 Å². The predicted octanol–water partition coefficient (Wildman–Crippen LogP) is 0.851. The van der Waals surface area contributed by atoms with Gasteiger partial charge in [-0.05, 0) is 25.7 Å². The number of anilines is 1. The van der Waals surface area contributed by atoms with Crippen molar-refractivity contribution in [3.05, 3.63) is 5.82 Å². The Bertz CT molecular complexity index is 473. The maximum Gasteiger partial charge on any atom is 0.404 e. The quantitative estimate of drug-likeness (QED) is 0.828. The second-order valence-electron chi connectivity index (χ2n) is 5.26. The second-order valence-corrected chi connectivity index (χ2v) is 5.26. The van der Waals surface area contributed by atoms with Gasteiger partial charge in [0.05, 0.1) is 0 Å². The number of aromatic nitrogens is 3. The van der Waals surface area contributed by atoms with Crippen molar-refractivity contribution in [2.24, 2.45) is 0 Å². The van der Waals surface area contributed by atoms with Gasteiger partial charge in [-0.25, -0.2) is 4.79 Å². The van der Waals surface area contributed by atoms with Gasteiger partial charge in [-0.15, -0.1) is 10.2 Å². The van der Waals surface area contributed by atoms with E-state index in [1.807, 2.05) is 0 Å². The van der Waals surface area contributed by atoms with E-state index in [4.69, 9.17) is 5.11 Å². The van der Waals surface area contributed by atoms with E-state index in [9.17, 15) is 4.79 Å². The van der Waals surface area contributed by atoms with Gasteiger partial charge < -0.3 is 15.3 Å². The van der Waals surface area contributed by atoms with Crippen molar-refractivity contribution in [2.75, 3.05) is 18.0 Å². The van der Waals surface area contributed by atoms with E-state index in [1.165, 1.54) is 12.8 Å². The number of piperidine rings is 1. The zero-order chi connectivity index (χ0) is 13.2. The van der Waals surface area contributed by atoms with Crippen molar-refractivity contribution in [3.63, 3.8) is 0 Å². The number of hydrogen-bond acceptors (Lipinski definition) is 4. The summed E-state index contributed by atoms with van der Waals surface area (Å²) in [5, 5.41) is 19.9. The van der Waals surface area contributed by atoms with Crippen LogP contribution in [0.25, 0.3) is 0 Å². The zero-order valence-electron chi connectivity index (χ0n) is 10.9. The molecule has 2 aliphatic rings. The summed E-state index contributed by atoms with van der Waals surface area (Å²) in [7, 11) is 0. The summed E-state index contributed by atoms with van der Waals surface area (Å²) in [6.07, 6.45) is 4.27. The Morgan fingerprint density at radius 3 is 3.00 bits per heavy atom. The lowest BCUT2D eigenvalue weighted by Gasteiger charge is -2.33. The molecule has 3 heterocycles. The topological polar surface area (TPSA) is 83.3 Å². The number of carboxylic acid groups (broad SMARTS) is 1. The van der Waals surface area contributed by atoms with Crippen molar-refractivity contribution >= 4 is 12.0 Å². The molecule has 2 aliphatic heterocycles. The Labute approximate surface area is 111 Å². The van der Waals surface area contributed by atoms with Crippen LogP contribution < -0.4 is 10.2 Å². The summed E-state index contributed by atoms with van der Waals surface area (Å²) < 4.78 is 2.19. The third-order valence-electron chi connectivity index (χ3n) is 3.87. The van der Waals surface area contributed by atoms with Crippen molar-refractivity contribution < 1.29 is 9.90 Å². The molecular weight excluding hydrogens is 246 g/mol. The third-order valence-corrected chi connectivity index (χ3v) is 3.87. The first-order valence-corrected chi connectivity index (χ1v) is 6.90. The molecule has 1 amide bonds. The molecule has 104 valence electrons. The molecule has 0 aromatic carbocycles. The smallest absolute Gasteiger partial charge is 0.404 e. The minimum atomic E-state index is -0.949. The molecule has 7 heteroatoms. The van der Waals surface area contributed by atoms with Crippen LogP contribution in [0.4, 0.5) is 10.7 Å². The SMILES string of the molecule is O=C(O)NC1CCCN(c2nnc3n2CCCC3)C1. The van der Waals surface area contributed by atoms with Crippen LogP contribution in [0.5, 0.6) is 0 Å². The van der Waals surface area contributed by atoms with Gasteiger partial charge in [-0.1, -0.05) is 0 Å². The van der Waals surface area contributed by atoms with Crippen molar-refractivity contribution in [3.8, 4) is 0 Å². The molecule has 1 fully saturated rings. The van der Waals surface area contributed by atoms with Gasteiger partial charge in [0.25, 0.3) is 0 Å². The summed E-state index contributed by atoms with van der Waals surface area (Å²) in [4.78, 5) is 12.9. The highest BCUT2D eigenvalue weighted by atomic mass is 16.4. The molecule has 1 saturated heterocycles. The first-order valence-electron chi connectivity index (χ1n) is 6.90. The van der Waals surface area contributed by atoms with Gasteiger partial charge in [-0.2, -0.15) is 0 Å². The molecular formula is C12H19N5O2.